The van der Waals surface area contributed by atoms with E-state index >= 15 is 0 Å². The molecule has 5 nitrogen and oxygen atoms in total. The van der Waals surface area contributed by atoms with Crippen LogP contribution in [0.1, 0.15) is 12.5 Å². The molecule has 0 aromatic heterocycles. The molecule has 0 fully saturated rings. The molecule has 0 amide bonds. The van der Waals surface area contributed by atoms with Gasteiger partial charge in [-0.25, -0.2) is 0 Å². The van der Waals surface area contributed by atoms with Crippen LogP contribution in [0, 0.1) is 0 Å². The van der Waals surface area contributed by atoms with Gasteiger partial charge in [0.1, 0.15) is 5.75 Å². The molecule has 0 unspecified atom stereocenters. The highest BCUT2D eigenvalue weighted by Crippen LogP contribution is 2.25. The third kappa shape index (κ3) is 7.87. The average Bonchev–Trinajstić information content (AvgIpc) is 2.46. The van der Waals surface area contributed by atoms with Gasteiger partial charge in [-0.2, -0.15) is 0 Å². The number of halogens is 2. The summed E-state index contributed by atoms with van der Waals surface area (Å²) in [6.07, 6.45) is 0. The van der Waals surface area contributed by atoms with Crippen molar-refractivity contribution < 1.29 is 9.47 Å². The lowest BCUT2D eigenvalue weighted by Gasteiger charge is -2.12. The quantitative estimate of drug-likeness (QED) is 0.278. The first kappa shape index (κ1) is 20.5. The summed E-state index contributed by atoms with van der Waals surface area (Å²) in [6, 6.07) is 5.98. The predicted molar refractivity (Wildman–Crippen MR) is 101 cm³/mol. The van der Waals surface area contributed by atoms with Crippen LogP contribution in [-0.4, -0.2) is 39.9 Å². The van der Waals surface area contributed by atoms with Gasteiger partial charge in [0.15, 0.2) is 5.96 Å². The van der Waals surface area contributed by atoms with Crippen molar-refractivity contribution in [2.24, 2.45) is 4.99 Å². The van der Waals surface area contributed by atoms with Crippen molar-refractivity contribution in [3.63, 3.8) is 0 Å². The molecule has 0 aliphatic rings. The van der Waals surface area contributed by atoms with E-state index in [4.69, 9.17) is 9.47 Å². The molecule has 1 aromatic rings. The van der Waals surface area contributed by atoms with Crippen molar-refractivity contribution in [1.29, 1.82) is 0 Å². The number of nitrogens with zero attached hydrogens (tertiary/aromatic N) is 1. The molecule has 0 bridgehead atoms. The van der Waals surface area contributed by atoms with E-state index < -0.39 is 0 Å². The van der Waals surface area contributed by atoms with Crippen LogP contribution in [0.5, 0.6) is 5.75 Å². The normalized spacial score (nSPS) is 10.8. The maximum atomic E-state index is 5.27. The molecule has 21 heavy (non-hydrogen) atoms. The lowest BCUT2D eigenvalue weighted by Crippen LogP contribution is -2.38. The van der Waals surface area contributed by atoms with Gasteiger partial charge in [-0.3, -0.25) is 4.99 Å². The van der Waals surface area contributed by atoms with E-state index in [0.29, 0.717) is 13.2 Å². The second-order valence-corrected chi connectivity index (χ2v) is 4.87. The van der Waals surface area contributed by atoms with Crippen molar-refractivity contribution >= 4 is 45.9 Å². The number of aliphatic imine (C=N–C) groups is 1. The fourth-order valence-electron chi connectivity index (χ4n) is 1.61. The Labute approximate surface area is 152 Å². The zero-order chi connectivity index (χ0) is 14.8. The maximum Gasteiger partial charge on any atom is 0.191 e. The summed E-state index contributed by atoms with van der Waals surface area (Å²) in [4.78, 5) is 4.16. The highest BCUT2D eigenvalue weighted by molar-refractivity contribution is 14.0. The fraction of sp³-hybridized carbons (Fsp3) is 0.500. The molecular formula is C14H23BrIN3O2. The lowest BCUT2D eigenvalue weighted by molar-refractivity contribution is 0.152. The average molecular weight is 472 g/mol. The Morgan fingerprint density at radius 1 is 1.33 bits per heavy atom. The Balaban J connectivity index is 0.00000400. The molecule has 0 atom stereocenters. The maximum absolute atomic E-state index is 5.27. The SMILES string of the molecule is CCOCCNC(=NC)NCc1ccc(OC)c(Br)c1.I. The van der Waals surface area contributed by atoms with Crippen molar-refractivity contribution in [2.75, 3.05) is 33.9 Å². The molecule has 0 aliphatic carbocycles. The van der Waals surface area contributed by atoms with Crippen molar-refractivity contribution in [3.05, 3.63) is 28.2 Å². The van der Waals surface area contributed by atoms with E-state index in [0.717, 1.165) is 34.9 Å². The Kier molecular flexibility index (Phi) is 11.7. The molecule has 1 rings (SSSR count). The topological polar surface area (TPSA) is 54.9 Å². The summed E-state index contributed by atoms with van der Waals surface area (Å²) in [5.74, 6) is 1.59. The molecule has 120 valence electrons. The van der Waals surface area contributed by atoms with Gasteiger partial charge < -0.3 is 20.1 Å². The van der Waals surface area contributed by atoms with Crippen LogP contribution in [-0.2, 0) is 11.3 Å². The third-order valence-electron chi connectivity index (χ3n) is 2.64. The number of rotatable bonds is 7. The highest BCUT2D eigenvalue weighted by Gasteiger charge is 2.02. The minimum Gasteiger partial charge on any atom is -0.496 e. The first-order chi connectivity index (χ1) is 9.71. The van der Waals surface area contributed by atoms with Gasteiger partial charge >= 0.3 is 0 Å². The number of methoxy groups -OCH3 is 1. The van der Waals surface area contributed by atoms with Crippen molar-refractivity contribution in [3.8, 4) is 5.75 Å². The summed E-state index contributed by atoms with van der Waals surface area (Å²) in [6.45, 7) is 4.81. The predicted octanol–water partition coefficient (Wildman–Crippen LogP) is 2.78. The van der Waals surface area contributed by atoms with Crippen molar-refractivity contribution in [1.82, 2.24) is 10.6 Å². The Bertz CT molecular complexity index is 444. The summed E-state index contributed by atoms with van der Waals surface area (Å²) < 4.78 is 11.4. The van der Waals surface area contributed by atoms with Crippen LogP contribution < -0.4 is 15.4 Å². The van der Waals surface area contributed by atoms with Crippen LogP contribution in [0.4, 0.5) is 0 Å². The van der Waals surface area contributed by atoms with E-state index in [1.54, 1.807) is 14.2 Å². The van der Waals surface area contributed by atoms with E-state index in [1.165, 1.54) is 0 Å². The van der Waals surface area contributed by atoms with Crippen LogP contribution in [0.3, 0.4) is 0 Å². The zero-order valence-electron chi connectivity index (χ0n) is 12.6. The summed E-state index contributed by atoms with van der Waals surface area (Å²) >= 11 is 3.48. The minimum atomic E-state index is 0. The summed E-state index contributed by atoms with van der Waals surface area (Å²) in [5.41, 5.74) is 1.14. The summed E-state index contributed by atoms with van der Waals surface area (Å²) in [7, 11) is 3.40. The van der Waals surface area contributed by atoms with Gasteiger partial charge in [-0.05, 0) is 40.5 Å². The zero-order valence-corrected chi connectivity index (χ0v) is 16.5. The summed E-state index contributed by atoms with van der Waals surface area (Å²) in [5, 5.41) is 6.44. The molecule has 7 heteroatoms. The van der Waals surface area contributed by atoms with Gasteiger partial charge in [-0.15, -0.1) is 24.0 Å². The third-order valence-corrected chi connectivity index (χ3v) is 3.26. The second kappa shape index (κ2) is 12.0. The number of guanidine groups is 1. The number of hydrogen-bond donors (Lipinski definition) is 2. The molecule has 0 saturated heterocycles. The molecular weight excluding hydrogens is 449 g/mol. The van der Waals surface area contributed by atoms with Crippen molar-refractivity contribution in [2.45, 2.75) is 13.5 Å². The van der Waals surface area contributed by atoms with Gasteiger partial charge in [0.05, 0.1) is 18.2 Å². The van der Waals surface area contributed by atoms with Crippen LogP contribution in [0.25, 0.3) is 0 Å². The van der Waals surface area contributed by atoms with E-state index in [2.05, 4.69) is 31.6 Å². The van der Waals surface area contributed by atoms with E-state index in [1.807, 2.05) is 25.1 Å². The molecule has 0 spiro atoms. The Hall–Kier alpha value is -0.540. The largest absolute Gasteiger partial charge is 0.496 e. The Morgan fingerprint density at radius 2 is 2.10 bits per heavy atom. The number of benzene rings is 1. The fourth-order valence-corrected chi connectivity index (χ4v) is 2.20. The van der Waals surface area contributed by atoms with E-state index in [9.17, 15) is 0 Å². The van der Waals surface area contributed by atoms with E-state index in [-0.39, 0.29) is 24.0 Å². The van der Waals surface area contributed by atoms with Crippen LogP contribution in [0.15, 0.2) is 27.7 Å². The molecule has 0 saturated carbocycles. The first-order valence-corrected chi connectivity index (χ1v) is 7.35. The standard InChI is InChI=1S/C14H22BrN3O2.HI/c1-4-20-8-7-17-14(16-2)18-10-11-5-6-13(19-3)12(15)9-11;/h5-6,9H,4,7-8,10H2,1-3H3,(H2,16,17,18);1H. The van der Waals surface area contributed by atoms with Gasteiger partial charge in [0.2, 0.25) is 0 Å². The monoisotopic (exact) mass is 471 g/mol. The second-order valence-electron chi connectivity index (χ2n) is 4.02. The highest BCUT2D eigenvalue weighted by atomic mass is 127. The first-order valence-electron chi connectivity index (χ1n) is 6.56. The molecule has 0 aliphatic heterocycles. The lowest BCUT2D eigenvalue weighted by atomic mass is 10.2. The number of nitrogens with one attached hydrogen (secondary N) is 2. The van der Waals surface area contributed by atoms with Gasteiger partial charge in [0, 0.05) is 26.7 Å². The van der Waals surface area contributed by atoms with Crippen LogP contribution in [0.2, 0.25) is 0 Å². The van der Waals surface area contributed by atoms with Crippen LogP contribution >= 0.6 is 39.9 Å². The van der Waals surface area contributed by atoms with Gasteiger partial charge in [0.25, 0.3) is 0 Å². The minimum absolute atomic E-state index is 0. The molecule has 0 heterocycles. The molecule has 2 N–H and O–H groups in total. The smallest absolute Gasteiger partial charge is 0.191 e. The molecule has 0 radical (unpaired) electrons. The molecule has 1 aromatic carbocycles. The number of hydrogen-bond acceptors (Lipinski definition) is 3. The van der Waals surface area contributed by atoms with Gasteiger partial charge in [-0.1, -0.05) is 6.07 Å². The Morgan fingerprint density at radius 3 is 2.67 bits per heavy atom. The number of ether oxygens (including phenoxy) is 2.